The van der Waals surface area contributed by atoms with E-state index >= 15 is 0 Å². The smallest absolute Gasteiger partial charge is 0.225 e. The van der Waals surface area contributed by atoms with Crippen LogP contribution in [0.5, 0.6) is 0 Å². The second-order valence-electron chi connectivity index (χ2n) is 8.82. The molecule has 7 heteroatoms. The second kappa shape index (κ2) is 13.1. The lowest BCUT2D eigenvalue weighted by Gasteiger charge is -2.21. The predicted molar refractivity (Wildman–Crippen MR) is 141 cm³/mol. The highest BCUT2D eigenvalue weighted by Crippen LogP contribution is 2.27. The first-order valence-corrected chi connectivity index (χ1v) is 11.7. The summed E-state index contributed by atoms with van der Waals surface area (Å²) in [7, 11) is 4.13. The Labute approximate surface area is 205 Å². The molecule has 174 valence electrons. The number of hydrogen-bond donors (Lipinski definition) is 2. The molecule has 2 aliphatic rings. The van der Waals surface area contributed by atoms with Crippen molar-refractivity contribution in [2.75, 3.05) is 45.2 Å². The van der Waals surface area contributed by atoms with Crippen LogP contribution in [0.25, 0.3) is 0 Å². The van der Waals surface area contributed by atoms with E-state index in [-0.39, 0.29) is 29.9 Å². The Hall–Kier alpha value is -1.51. The predicted octanol–water partition coefficient (Wildman–Crippen LogP) is 3.65. The topological polar surface area (TPSA) is 60.0 Å². The standard InChI is InChI=1S/C24H39N5O.HI/c1-4-25-24(26-16-7-8-19-11-13-22(14-12-19)28(2)3)27-21-15-17-29(18-21)23(30)20-9-5-6-10-20;/h11-14,20-21H,4-10,15-18H2,1-3H3,(H2,25,26,27);1H. The Balaban J connectivity index is 0.00000341. The van der Waals surface area contributed by atoms with Gasteiger partial charge in [0.25, 0.3) is 0 Å². The Morgan fingerprint density at radius 3 is 2.52 bits per heavy atom. The van der Waals surface area contributed by atoms with Crippen LogP contribution in [0.3, 0.4) is 0 Å². The maximum atomic E-state index is 12.7. The molecule has 2 fully saturated rings. The van der Waals surface area contributed by atoms with Crippen molar-refractivity contribution in [1.82, 2.24) is 15.5 Å². The second-order valence-corrected chi connectivity index (χ2v) is 8.82. The number of anilines is 1. The van der Waals surface area contributed by atoms with Gasteiger partial charge in [0.2, 0.25) is 5.91 Å². The van der Waals surface area contributed by atoms with Gasteiger partial charge in [-0.15, -0.1) is 24.0 Å². The average molecular weight is 542 g/mol. The van der Waals surface area contributed by atoms with Crippen molar-refractivity contribution in [2.24, 2.45) is 10.9 Å². The van der Waals surface area contributed by atoms with Gasteiger partial charge in [0, 0.05) is 57.9 Å². The molecule has 31 heavy (non-hydrogen) atoms. The van der Waals surface area contributed by atoms with Crippen molar-refractivity contribution in [3.8, 4) is 0 Å². The van der Waals surface area contributed by atoms with Crippen molar-refractivity contribution < 1.29 is 4.79 Å². The van der Waals surface area contributed by atoms with Crippen molar-refractivity contribution >= 4 is 41.5 Å². The fourth-order valence-electron chi connectivity index (χ4n) is 4.46. The van der Waals surface area contributed by atoms with Crippen molar-refractivity contribution in [2.45, 2.75) is 57.9 Å². The summed E-state index contributed by atoms with van der Waals surface area (Å²) in [6.07, 6.45) is 7.64. The number of nitrogens with zero attached hydrogens (tertiary/aromatic N) is 3. The van der Waals surface area contributed by atoms with E-state index in [1.54, 1.807) is 0 Å². The zero-order valence-electron chi connectivity index (χ0n) is 19.4. The monoisotopic (exact) mass is 541 g/mol. The van der Waals surface area contributed by atoms with Crippen molar-refractivity contribution in [3.05, 3.63) is 29.8 Å². The third-order valence-corrected chi connectivity index (χ3v) is 6.24. The number of guanidine groups is 1. The highest BCUT2D eigenvalue weighted by atomic mass is 127. The van der Waals surface area contributed by atoms with E-state index in [9.17, 15) is 4.79 Å². The summed E-state index contributed by atoms with van der Waals surface area (Å²) in [5.41, 5.74) is 2.58. The number of benzene rings is 1. The summed E-state index contributed by atoms with van der Waals surface area (Å²) in [5, 5.41) is 6.91. The number of hydrogen-bond acceptors (Lipinski definition) is 3. The maximum absolute atomic E-state index is 12.7. The first-order valence-electron chi connectivity index (χ1n) is 11.7. The first-order chi connectivity index (χ1) is 14.6. The van der Waals surface area contributed by atoms with E-state index in [1.807, 2.05) is 0 Å². The normalized spacial score (nSPS) is 19.3. The number of nitrogens with one attached hydrogen (secondary N) is 2. The third kappa shape index (κ3) is 7.84. The minimum Gasteiger partial charge on any atom is -0.378 e. The number of likely N-dealkylation sites (tertiary alicyclic amines) is 1. The molecular formula is C24H40IN5O. The number of amides is 1. The zero-order valence-corrected chi connectivity index (χ0v) is 21.7. The van der Waals surface area contributed by atoms with Crippen LogP contribution in [0.2, 0.25) is 0 Å². The molecule has 1 atom stereocenters. The Morgan fingerprint density at radius 1 is 1.16 bits per heavy atom. The lowest BCUT2D eigenvalue weighted by atomic mass is 10.1. The molecule has 0 radical (unpaired) electrons. The van der Waals surface area contributed by atoms with Crippen LogP contribution in [0.15, 0.2) is 29.3 Å². The average Bonchev–Trinajstić information content (AvgIpc) is 3.43. The van der Waals surface area contributed by atoms with E-state index in [0.29, 0.717) is 11.9 Å². The van der Waals surface area contributed by atoms with Gasteiger partial charge in [-0.25, -0.2) is 0 Å². The van der Waals surface area contributed by atoms with Gasteiger partial charge in [-0.1, -0.05) is 25.0 Å². The molecule has 0 spiro atoms. The number of aliphatic imine (C=N–C) groups is 1. The summed E-state index contributed by atoms with van der Waals surface area (Å²) >= 11 is 0. The van der Waals surface area contributed by atoms with E-state index < -0.39 is 0 Å². The molecule has 1 unspecified atom stereocenters. The maximum Gasteiger partial charge on any atom is 0.225 e. The fourth-order valence-corrected chi connectivity index (χ4v) is 4.46. The molecule has 1 aliphatic carbocycles. The molecule has 6 nitrogen and oxygen atoms in total. The molecule has 1 aliphatic heterocycles. The highest BCUT2D eigenvalue weighted by molar-refractivity contribution is 14.0. The van der Waals surface area contributed by atoms with Crippen molar-refractivity contribution in [3.63, 3.8) is 0 Å². The molecule has 1 aromatic rings. The van der Waals surface area contributed by atoms with Gasteiger partial charge in [0.15, 0.2) is 5.96 Å². The van der Waals surface area contributed by atoms with E-state index in [0.717, 1.165) is 64.2 Å². The largest absolute Gasteiger partial charge is 0.378 e. The molecule has 0 bridgehead atoms. The number of carbonyl (C=O) groups is 1. The quantitative estimate of drug-likeness (QED) is 0.228. The number of halogens is 1. The third-order valence-electron chi connectivity index (χ3n) is 6.24. The molecule has 2 N–H and O–H groups in total. The lowest BCUT2D eigenvalue weighted by molar-refractivity contribution is -0.134. The molecule has 1 aromatic carbocycles. The van der Waals surface area contributed by atoms with Gasteiger partial charge in [-0.3, -0.25) is 9.79 Å². The van der Waals surface area contributed by atoms with Crippen molar-refractivity contribution in [1.29, 1.82) is 0 Å². The zero-order chi connectivity index (χ0) is 21.3. The van der Waals surface area contributed by atoms with Crippen LogP contribution in [-0.4, -0.2) is 63.1 Å². The summed E-state index contributed by atoms with van der Waals surface area (Å²) in [6, 6.07) is 9.05. The first kappa shape index (κ1) is 25.7. The van der Waals surface area contributed by atoms with Crippen LogP contribution in [-0.2, 0) is 11.2 Å². The molecule has 3 rings (SSSR count). The van der Waals surface area contributed by atoms with Crippen LogP contribution < -0.4 is 15.5 Å². The molecule has 1 heterocycles. The van der Waals surface area contributed by atoms with E-state index in [4.69, 9.17) is 4.99 Å². The minimum atomic E-state index is 0. The summed E-state index contributed by atoms with van der Waals surface area (Å²) in [6.45, 7) is 5.40. The number of rotatable bonds is 8. The van der Waals surface area contributed by atoms with Crippen LogP contribution in [0.1, 0.15) is 51.0 Å². The van der Waals surface area contributed by atoms with Gasteiger partial charge in [0.05, 0.1) is 0 Å². The molecule has 1 saturated heterocycles. The van der Waals surface area contributed by atoms with Gasteiger partial charge in [0.1, 0.15) is 0 Å². The van der Waals surface area contributed by atoms with E-state index in [1.165, 1.54) is 24.1 Å². The Bertz CT molecular complexity index is 700. The molecular weight excluding hydrogens is 501 g/mol. The fraction of sp³-hybridized carbons (Fsp3) is 0.667. The van der Waals surface area contributed by atoms with Gasteiger partial charge in [-0.2, -0.15) is 0 Å². The number of aryl methyl sites for hydroxylation is 1. The van der Waals surface area contributed by atoms with Crippen LogP contribution in [0.4, 0.5) is 5.69 Å². The van der Waals surface area contributed by atoms with Gasteiger partial charge < -0.3 is 20.4 Å². The molecule has 0 aromatic heterocycles. The lowest BCUT2D eigenvalue weighted by Crippen LogP contribution is -2.45. The van der Waals surface area contributed by atoms with E-state index in [2.05, 4.69) is 65.7 Å². The molecule has 1 amide bonds. The van der Waals surface area contributed by atoms with Crippen LogP contribution >= 0.6 is 24.0 Å². The summed E-state index contributed by atoms with van der Waals surface area (Å²) in [4.78, 5) is 21.6. The number of carbonyl (C=O) groups excluding carboxylic acids is 1. The Kier molecular flexibility index (Phi) is 10.9. The van der Waals surface area contributed by atoms with Gasteiger partial charge >= 0.3 is 0 Å². The highest BCUT2D eigenvalue weighted by Gasteiger charge is 2.32. The summed E-state index contributed by atoms with van der Waals surface area (Å²) < 4.78 is 0. The van der Waals surface area contributed by atoms with Gasteiger partial charge in [-0.05, 0) is 56.7 Å². The molecule has 1 saturated carbocycles. The summed E-state index contributed by atoms with van der Waals surface area (Å²) in [5.74, 6) is 1.53. The minimum absolute atomic E-state index is 0. The SMILES string of the molecule is CCNC(=NCCCc1ccc(N(C)C)cc1)NC1CCN(C(=O)C2CCCC2)C1.I. The Morgan fingerprint density at radius 2 is 1.87 bits per heavy atom. The van der Waals surface area contributed by atoms with Crippen LogP contribution in [0, 0.1) is 5.92 Å².